The smallest absolute Gasteiger partial charge is 0.386 e. The van der Waals surface area contributed by atoms with E-state index in [4.69, 9.17) is 11.1 Å². The maximum atomic E-state index is 12.7. The number of likely N-dealkylation sites (tertiary alicyclic amines) is 1. The van der Waals surface area contributed by atoms with E-state index in [2.05, 4.69) is 21.6 Å². The second-order valence-corrected chi connectivity index (χ2v) is 9.18. The summed E-state index contributed by atoms with van der Waals surface area (Å²) < 4.78 is 38.2. The van der Waals surface area contributed by atoms with Gasteiger partial charge in [0.25, 0.3) is 5.91 Å². The number of halogens is 3. The molecule has 1 amide bonds. The summed E-state index contributed by atoms with van der Waals surface area (Å²) in [6.07, 6.45) is 0.686. The number of hydrogen-bond donors (Lipinski definition) is 4. The number of benzene rings is 1. The summed E-state index contributed by atoms with van der Waals surface area (Å²) in [4.78, 5) is 14.4. The number of fused-ring (bicyclic) bond motifs is 1. The number of nitrogens with zero attached hydrogens (tertiary/aromatic N) is 2. The van der Waals surface area contributed by atoms with Gasteiger partial charge in [-0.3, -0.25) is 15.1 Å². The first kappa shape index (κ1) is 23.1. The summed E-state index contributed by atoms with van der Waals surface area (Å²) >= 11 is 0. The minimum Gasteiger partial charge on any atom is -0.386 e. The number of hydrogen-bond acceptors (Lipinski definition) is 5. The van der Waals surface area contributed by atoms with Crippen LogP contribution in [-0.2, 0) is 11.0 Å². The van der Waals surface area contributed by atoms with E-state index < -0.39 is 17.6 Å². The van der Waals surface area contributed by atoms with Gasteiger partial charge in [0, 0.05) is 37.1 Å². The van der Waals surface area contributed by atoms with Crippen LogP contribution >= 0.6 is 0 Å². The Morgan fingerprint density at radius 1 is 1.18 bits per heavy atom. The minimum atomic E-state index is -4.46. The van der Waals surface area contributed by atoms with Crippen LogP contribution in [0.2, 0.25) is 0 Å². The van der Waals surface area contributed by atoms with Crippen LogP contribution < -0.4 is 16.4 Å². The van der Waals surface area contributed by atoms with Gasteiger partial charge in [0.15, 0.2) is 0 Å². The molecule has 5 N–H and O–H groups in total. The second-order valence-electron chi connectivity index (χ2n) is 9.18. The lowest BCUT2D eigenvalue weighted by atomic mass is 9.81. The van der Waals surface area contributed by atoms with Crippen LogP contribution in [0.25, 0.3) is 0 Å². The Hall–Kier alpha value is -3.06. The normalized spacial score (nSPS) is 29.6. The second kappa shape index (κ2) is 9.06. The fourth-order valence-electron chi connectivity index (χ4n) is 4.97. The molecule has 4 rings (SSSR count). The van der Waals surface area contributed by atoms with Crippen LogP contribution in [0.5, 0.6) is 0 Å². The summed E-state index contributed by atoms with van der Waals surface area (Å²) in [5.74, 6) is 0.248. The maximum absolute atomic E-state index is 12.7. The van der Waals surface area contributed by atoms with Gasteiger partial charge in [0.2, 0.25) is 0 Å². The number of alkyl halides is 3. The van der Waals surface area contributed by atoms with E-state index in [-0.39, 0.29) is 29.1 Å². The summed E-state index contributed by atoms with van der Waals surface area (Å²) in [7, 11) is 0. The van der Waals surface area contributed by atoms with Gasteiger partial charge < -0.3 is 16.4 Å². The number of nitrogens with two attached hydrogens (primary N) is 1. The molecule has 1 aliphatic heterocycles. The van der Waals surface area contributed by atoms with Crippen LogP contribution in [0.4, 0.5) is 18.9 Å². The van der Waals surface area contributed by atoms with E-state index in [9.17, 15) is 23.2 Å². The minimum absolute atomic E-state index is 0.145. The molecule has 5 unspecified atom stereocenters. The lowest BCUT2D eigenvalue weighted by Gasteiger charge is -2.38. The number of amides is 1. The quantitative estimate of drug-likeness (QED) is 0.296. The predicted octanol–water partition coefficient (Wildman–Crippen LogP) is 3.07. The molecule has 2 saturated carbocycles. The van der Waals surface area contributed by atoms with E-state index in [0.29, 0.717) is 6.04 Å². The summed E-state index contributed by atoms with van der Waals surface area (Å²) in [5.41, 5.74) is 4.70. The lowest BCUT2D eigenvalue weighted by Crippen LogP contribution is -2.46. The van der Waals surface area contributed by atoms with Crippen LogP contribution in [0.15, 0.2) is 36.0 Å². The van der Waals surface area contributed by atoms with E-state index in [1.165, 1.54) is 24.8 Å². The summed E-state index contributed by atoms with van der Waals surface area (Å²) in [5, 5.41) is 23.5. The number of rotatable bonds is 6. The van der Waals surface area contributed by atoms with Crippen molar-refractivity contribution in [3.63, 3.8) is 0 Å². The molecule has 176 valence electrons. The molecule has 10 heteroatoms. The molecule has 0 radical (unpaired) electrons. The molecule has 33 heavy (non-hydrogen) atoms. The van der Waals surface area contributed by atoms with Gasteiger partial charge in [-0.25, -0.2) is 0 Å². The number of primary amides is 1. The third-order valence-electron chi connectivity index (χ3n) is 6.97. The third-order valence-corrected chi connectivity index (χ3v) is 6.97. The van der Waals surface area contributed by atoms with Crippen molar-refractivity contribution < 1.29 is 18.0 Å². The molecule has 7 nitrogen and oxygen atoms in total. The molecular weight excluding hydrogens is 433 g/mol. The Morgan fingerprint density at radius 2 is 1.85 bits per heavy atom. The topological polar surface area (TPSA) is 118 Å². The average molecular weight is 461 g/mol. The molecule has 3 aliphatic rings. The average Bonchev–Trinajstić information content (AvgIpc) is 3.38. The Kier molecular flexibility index (Phi) is 6.34. The molecular formula is C23H27F3N6O. The monoisotopic (exact) mass is 460 g/mol. The highest BCUT2D eigenvalue weighted by atomic mass is 19.4. The SMILES string of the molecule is N#CC1CC(N2CC3CC3C2)CCC1N/C=C(\C(=N)Nc1ccc(C(F)(F)F)cc1)C(N)=O. The highest BCUT2D eigenvalue weighted by Crippen LogP contribution is 2.47. The molecule has 5 atom stereocenters. The molecule has 1 saturated heterocycles. The van der Waals surface area contributed by atoms with E-state index >= 15 is 0 Å². The molecule has 0 aromatic heterocycles. The van der Waals surface area contributed by atoms with Gasteiger partial charge in [0.05, 0.1) is 23.1 Å². The zero-order chi connectivity index (χ0) is 23.8. The van der Waals surface area contributed by atoms with Crippen molar-refractivity contribution in [2.75, 3.05) is 18.4 Å². The number of anilines is 1. The van der Waals surface area contributed by atoms with Gasteiger partial charge in [0.1, 0.15) is 5.84 Å². The lowest BCUT2D eigenvalue weighted by molar-refractivity contribution is -0.137. The zero-order valence-electron chi connectivity index (χ0n) is 18.0. The van der Waals surface area contributed by atoms with Crippen LogP contribution in [0.3, 0.4) is 0 Å². The largest absolute Gasteiger partial charge is 0.416 e. The first-order chi connectivity index (χ1) is 15.7. The number of nitriles is 1. The highest BCUT2D eigenvalue weighted by Gasteiger charge is 2.47. The molecule has 0 bridgehead atoms. The fraction of sp³-hybridized carbons (Fsp3) is 0.522. The van der Waals surface area contributed by atoms with Gasteiger partial charge in [-0.1, -0.05) is 0 Å². The standard InChI is InChI=1S/C23H27F3N6O/c24-23(25,26)16-1-3-17(4-2-16)31-21(28)19(22(29)33)10-30-20-6-5-18(8-13(20)9-27)32-11-14-7-15(14)12-32/h1-4,10,13-15,18,20,30H,5-8,11-12H2,(H2,28,31)(H2,29,33)/b19-10+. The number of amidine groups is 1. The van der Waals surface area contributed by atoms with Crippen LogP contribution in [-0.4, -0.2) is 41.8 Å². The first-order valence-electron chi connectivity index (χ1n) is 11.1. The first-order valence-corrected chi connectivity index (χ1v) is 11.1. The zero-order valence-corrected chi connectivity index (χ0v) is 18.0. The van der Waals surface area contributed by atoms with Gasteiger partial charge >= 0.3 is 6.18 Å². The summed E-state index contributed by atoms with van der Waals surface area (Å²) in [6.45, 7) is 2.26. The van der Waals surface area contributed by atoms with Gasteiger partial charge in [-0.05, 0) is 61.8 Å². The Bertz CT molecular complexity index is 973. The third kappa shape index (κ3) is 5.30. The molecule has 2 aliphatic carbocycles. The van der Waals surface area contributed by atoms with Crippen molar-refractivity contribution >= 4 is 17.4 Å². The van der Waals surface area contributed by atoms with Crippen LogP contribution in [0.1, 0.15) is 31.2 Å². The number of piperidine rings is 1. The van der Waals surface area contributed by atoms with Crippen molar-refractivity contribution in [3.05, 3.63) is 41.6 Å². The number of nitrogens with one attached hydrogen (secondary N) is 3. The molecule has 1 aromatic carbocycles. The molecule has 1 aromatic rings. The van der Waals surface area contributed by atoms with E-state index in [1.54, 1.807) is 0 Å². The van der Waals surface area contributed by atoms with Crippen LogP contribution in [0, 0.1) is 34.5 Å². The van der Waals surface area contributed by atoms with E-state index in [0.717, 1.165) is 56.3 Å². The van der Waals surface area contributed by atoms with Gasteiger partial charge in [-0.15, -0.1) is 0 Å². The highest BCUT2D eigenvalue weighted by molar-refractivity contribution is 6.23. The van der Waals surface area contributed by atoms with Crippen molar-refractivity contribution in [1.29, 1.82) is 10.7 Å². The van der Waals surface area contributed by atoms with Crippen molar-refractivity contribution in [2.45, 2.75) is 43.9 Å². The predicted molar refractivity (Wildman–Crippen MR) is 117 cm³/mol. The van der Waals surface area contributed by atoms with Crippen molar-refractivity contribution in [3.8, 4) is 6.07 Å². The number of carbonyl (C=O) groups excluding carboxylic acids is 1. The Balaban J connectivity index is 1.36. The fourth-order valence-corrected chi connectivity index (χ4v) is 4.97. The van der Waals surface area contributed by atoms with Crippen molar-refractivity contribution in [1.82, 2.24) is 10.2 Å². The Morgan fingerprint density at radius 3 is 2.42 bits per heavy atom. The van der Waals surface area contributed by atoms with Crippen molar-refractivity contribution in [2.24, 2.45) is 23.5 Å². The Labute approximate surface area is 190 Å². The van der Waals surface area contributed by atoms with Gasteiger partial charge in [-0.2, -0.15) is 18.4 Å². The summed E-state index contributed by atoms with van der Waals surface area (Å²) in [6, 6.07) is 6.75. The maximum Gasteiger partial charge on any atom is 0.416 e. The molecule has 0 spiro atoms. The number of carbonyl (C=O) groups is 1. The molecule has 3 fully saturated rings. The molecule has 1 heterocycles. The van der Waals surface area contributed by atoms with E-state index in [1.807, 2.05) is 0 Å².